The lowest BCUT2D eigenvalue weighted by atomic mass is 9.80. The molecule has 0 radical (unpaired) electrons. The Morgan fingerprint density at radius 3 is 2.73 bits per heavy atom. The predicted molar refractivity (Wildman–Crippen MR) is 62.1 cm³/mol. The molecule has 1 amide bonds. The number of fused-ring (bicyclic) bond motifs is 1. The van der Waals surface area contributed by atoms with Crippen molar-refractivity contribution in [3.05, 3.63) is 29.8 Å². The third-order valence-corrected chi connectivity index (χ3v) is 3.29. The molecule has 0 N–H and O–H groups in total. The molecule has 0 saturated carbocycles. The molecule has 1 heterocycles. The number of para-hydroxylation sites is 1. The first-order valence-corrected chi connectivity index (χ1v) is 5.40. The van der Waals surface area contributed by atoms with E-state index in [4.69, 9.17) is 0 Å². The monoisotopic (exact) mass is 203 g/mol. The Balaban J connectivity index is 2.56. The Hall–Kier alpha value is -1.31. The molecule has 1 aromatic rings. The minimum Gasteiger partial charge on any atom is -0.309 e. The zero-order chi connectivity index (χ0) is 11.1. The summed E-state index contributed by atoms with van der Waals surface area (Å²) in [6.07, 6.45) is 1.97. The van der Waals surface area contributed by atoms with Crippen LogP contribution in [-0.2, 0) is 4.79 Å². The molecule has 0 fully saturated rings. The second-order valence-electron chi connectivity index (χ2n) is 4.95. The van der Waals surface area contributed by atoms with Crippen LogP contribution < -0.4 is 4.90 Å². The lowest BCUT2D eigenvalue weighted by molar-refractivity contribution is -0.108. The molecule has 80 valence electrons. The van der Waals surface area contributed by atoms with Gasteiger partial charge in [-0.15, -0.1) is 0 Å². The molecule has 0 aromatic heterocycles. The number of rotatable bonds is 1. The Morgan fingerprint density at radius 2 is 2.07 bits per heavy atom. The van der Waals surface area contributed by atoms with Gasteiger partial charge in [0.05, 0.1) is 0 Å². The molecule has 1 aliphatic rings. The number of hydrogen-bond acceptors (Lipinski definition) is 1. The van der Waals surface area contributed by atoms with Gasteiger partial charge in [-0.1, -0.05) is 25.1 Å². The van der Waals surface area contributed by atoms with E-state index >= 15 is 0 Å². The van der Waals surface area contributed by atoms with Crippen molar-refractivity contribution in [2.75, 3.05) is 4.90 Å². The summed E-state index contributed by atoms with van der Waals surface area (Å²) in [5.74, 6) is 0.521. The van der Waals surface area contributed by atoms with Crippen LogP contribution in [0.2, 0.25) is 0 Å². The van der Waals surface area contributed by atoms with Crippen molar-refractivity contribution in [3.8, 4) is 0 Å². The maximum absolute atomic E-state index is 11.2. The summed E-state index contributed by atoms with van der Waals surface area (Å²) in [6, 6.07) is 8.17. The second kappa shape index (κ2) is 3.37. The first-order valence-electron chi connectivity index (χ1n) is 5.40. The highest BCUT2D eigenvalue weighted by molar-refractivity contribution is 5.80. The molecule has 2 nitrogen and oxygen atoms in total. The molecule has 2 heteroatoms. The number of anilines is 1. The maximum Gasteiger partial charge on any atom is 0.214 e. The third-order valence-electron chi connectivity index (χ3n) is 3.29. The highest BCUT2D eigenvalue weighted by Gasteiger charge is 2.35. The average Bonchev–Trinajstić information content (AvgIpc) is 2.17. The summed E-state index contributed by atoms with van der Waals surface area (Å²) in [6.45, 7) is 6.46. The molecule has 2 rings (SSSR count). The van der Waals surface area contributed by atoms with Crippen molar-refractivity contribution in [2.45, 2.75) is 38.6 Å². The largest absolute Gasteiger partial charge is 0.309 e. The second-order valence-corrected chi connectivity index (χ2v) is 4.95. The van der Waals surface area contributed by atoms with E-state index in [9.17, 15) is 4.79 Å². The first-order chi connectivity index (χ1) is 7.06. The molecular weight excluding hydrogens is 186 g/mol. The predicted octanol–water partition coefficient (Wildman–Crippen LogP) is 2.94. The normalized spacial score (nSPS) is 23.4. The quantitative estimate of drug-likeness (QED) is 0.643. The Bertz CT molecular complexity index is 384. The molecular formula is C13H17NO. The number of benzene rings is 1. The highest BCUT2D eigenvalue weighted by atomic mass is 16.1. The fourth-order valence-electron chi connectivity index (χ4n) is 2.61. The van der Waals surface area contributed by atoms with Crippen molar-refractivity contribution in [2.24, 2.45) is 0 Å². The van der Waals surface area contributed by atoms with Crippen LogP contribution >= 0.6 is 0 Å². The van der Waals surface area contributed by atoms with Crippen molar-refractivity contribution < 1.29 is 4.79 Å². The summed E-state index contributed by atoms with van der Waals surface area (Å²) < 4.78 is 0. The van der Waals surface area contributed by atoms with Crippen LogP contribution in [0.4, 0.5) is 5.69 Å². The van der Waals surface area contributed by atoms with Crippen LogP contribution in [0.5, 0.6) is 0 Å². The van der Waals surface area contributed by atoms with Gasteiger partial charge in [0.15, 0.2) is 0 Å². The number of nitrogens with zero attached hydrogens (tertiary/aromatic N) is 1. The van der Waals surface area contributed by atoms with E-state index in [1.165, 1.54) is 5.56 Å². The molecule has 1 aromatic carbocycles. The van der Waals surface area contributed by atoms with Gasteiger partial charge in [-0.05, 0) is 37.8 Å². The van der Waals surface area contributed by atoms with Crippen LogP contribution in [0.3, 0.4) is 0 Å². The molecule has 1 atom stereocenters. The summed E-state index contributed by atoms with van der Waals surface area (Å²) >= 11 is 0. The third kappa shape index (κ3) is 1.54. The lowest BCUT2D eigenvalue weighted by Crippen LogP contribution is -2.47. The fraction of sp³-hybridized carbons (Fsp3) is 0.462. The van der Waals surface area contributed by atoms with Gasteiger partial charge in [-0.25, -0.2) is 0 Å². The Kier molecular flexibility index (Phi) is 2.29. The number of carbonyl (C=O) groups is 1. The lowest BCUT2D eigenvalue weighted by Gasteiger charge is -2.43. The van der Waals surface area contributed by atoms with E-state index in [-0.39, 0.29) is 5.54 Å². The molecule has 0 bridgehead atoms. The van der Waals surface area contributed by atoms with Gasteiger partial charge in [0.1, 0.15) is 0 Å². The Morgan fingerprint density at radius 1 is 1.40 bits per heavy atom. The van der Waals surface area contributed by atoms with Crippen LogP contribution in [0.1, 0.15) is 38.7 Å². The molecule has 1 aliphatic heterocycles. The smallest absolute Gasteiger partial charge is 0.214 e. The minimum atomic E-state index is -0.0739. The fourth-order valence-corrected chi connectivity index (χ4v) is 2.61. The Labute approximate surface area is 90.9 Å². The summed E-state index contributed by atoms with van der Waals surface area (Å²) in [7, 11) is 0. The van der Waals surface area contributed by atoms with E-state index in [0.29, 0.717) is 5.92 Å². The number of amides is 1. The topological polar surface area (TPSA) is 20.3 Å². The zero-order valence-electron chi connectivity index (χ0n) is 9.53. The zero-order valence-corrected chi connectivity index (χ0v) is 9.53. The van der Waals surface area contributed by atoms with Gasteiger partial charge in [0.2, 0.25) is 6.41 Å². The number of hydrogen-bond donors (Lipinski definition) is 0. The van der Waals surface area contributed by atoms with Gasteiger partial charge in [0.25, 0.3) is 0 Å². The van der Waals surface area contributed by atoms with Crippen LogP contribution in [0.25, 0.3) is 0 Å². The van der Waals surface area contributed by atoms with Gasteiger partial charge in [-0.2, -0.15) is 0 Å². The van der Waals surface area contributed by atoms with E-state index in [1.54, 1.807) is 0 Å². The van der Waals surface area contributed by atoms with Crippen molar-refractivity contribution in [1.29, 1.82) is 0 Å². The van der Waals surface area contributed by atoms with Gasteiger partial charge >= 0.3 is 0 Å². The van der Waals surface area contributed by atoms with E-state index in [0.717, 1.165) is 18.5 Å². The molecule has 1 unspecified atom stereocenters. The maximum atomic E-state index is 11.2. The van der Waals surface area contributed by atoms with Crippen molar-refractivity contribution in [1.82, 2.24) is 0 Å². The van der Waals surface area contributed by atoms with E-state index in [1.807, 2.05) is 23.1 Å². The minimum absolute atomic E-state index is 0.0739. The van der Waals surface area contributed by atoms with E-state index in [2.05, 4.69) is 26.8 Å². The first kappa shape index (κ1) is 10.2. The molecule has 0 spiro atoms. The van der Waals surface area contributed by atoms with Gasteiger partial charge in [-0.3, -0.25) is 4.79 Å². The summed E-state index contributed by atoms with van der Waals surface area (Å²) in [4.78, 5) is 13.0. The van der Waals surface area contributed by atoms with Gasteiger partial charge in [0, 0.05) is 11.2 Å². The van der Waals surface area contributed by atoms with Crippen LogP contribution in [0.15, 0.2) is 24.3 Å². The average molecular weight is 203 g/mol. The van der Waals surface area contributed by atoms with Crippen molar-refractivity contribution in [3.63, 3.8) is 0 Å². The molecule has 0 saturated heterocycles. The summed E-state index contributed by atoms with van der Waals surface area (Å²) in [5.41, 5.74) is 2.27. The molecule has 15 heavy (non-hydrogen) atoms. The van der Waals surface area contributed by atoms with Crippen LogP contribution in [-0.4, -0.2) is 11.9 Å². The SMILES string of the molecule is CC1CC(C)(C)N(C=O)c2ccccc21. The van der Waals surface area contributed by atoms with E-state index < -0.39 is 0 Å². The highest BCUT2D eigenvalue weighted by Crippen LogP contribution is 2.41. The standard InChI is InChI=1S/C13H17NO/c1-10-8-13(2,3)14(9-15)12-7-5-4-6-11(10)12/h4-7,9-10H,8H2,1-3H3. The number of carbonyl (C=O) groups excluding carboxylic acids is 1. The molecule has 0 aliphatic carbocycles. The van der Waals surface area contributed by atoms with Gasteiger partial charge < -0.3 is 4.90 Å². The van der Waals surface area contributed by atoms with Crippen LogP contribution in [0, 0.1) is 0 Å². The van der Waals surface area contributed by atoms with Crippen molar-refractivity contribution >= 4 is 12.1 Å². The summed E-state index contributed by atoms with van der Waals surface area (Å²) in [5, 5.41) is 0.